The summed E-state index contributed by atoms with van der Waals surface area (Å²) in [5, 5.41) is 0. The number of halogens is 2. The molecule has 1 atom stereocenters. The van der Waals surface area contributed by atoms with Crippen molar-refractivity contribution in [1.29, 1.82) is 0 Å². The van der Waals surface area contributed by atoms with Crippen LogP contribution in [0.2, 0.25) is 0 Å². The van der Waals surface area contributed by atoms with Crippen molar-refractivity contribution in [2.75, 3.05) is 5.75 Å². The fraction of sp³-hybridized carbons (Fsp3) is 0.800. The van der Waals surface area contributed by atoms with Crippen LogP contribution in [0.5, 0.6) is 0 Å². The highest BCUT2D eigenvalue weighted by molar-refractivity contribution is 9.12. The molecular weight excluding hydrogens is 255 g/mol. The van der Waals surface area contributed by atoms with Gasteiger partial charge in [-0.05, 0) is 22.9 Å². The van der Waals surface area contributed by atoms with Crippen molar-refractivity contribution in [1.82, 2.24) is 0 Å². The second kappa shape index (κ2) is 3.41. The Morgan fingerprint density at radius 2 is 2.00 bits per heavy atom. The van der Waals surface area contributed by atoms with E-state index in [-0.39, 0.29) is 5.75 Å². The molecule has 0 amide bonds. The molecule has 0 aliphatic rings. The third-order valence-electron chi connectivity index (χ3n) is 1.18. The molecule has 0 aromatic rings. The van der Waals surface area contributed by atoms with E-state index in [4.69, 9.17) is 11.6 Å². The van der Waals surface area contributed by atoms with Crippen LogP contribution in [0.3, 0.4) is 0 Å². The lowest BCUT2D eigenvalue weighted by Crippen LogP contribution is -2.34. The topological polar surface area (TPSA) is 51.2 Å². The monoisotopic (exact) mass is 262 g/mol. The smallest absolute Gasteiger partial charge is 0.256 e. The maximum atomic E-state index is 11.1. The minimum Gasteiger partial charge on any atom is -0.296 e. The highest BCUT2D eigenvalue weighted by Gasteiger charge is 2.42. The Labute approximate surface area is 79.2 Å². The first kappa shape index (κ1) is 11.4. The van der Waals surface area contributed by atoms with E-state index in [1.165, 1.54) is 6.92 Å². The first-order valence-corrected chi connectivity index (χ1v) is 5.69. The van der Waals surface area contributed by atoms with E-state index in [1.54, 1.807) is 0 Å². The van der Waals surface area contributed by atoms with E-state index in [0.717, 1.165) is 6.92 Å². The first-order chi connectivity index (χ1) is 4.75. The summed E-state index contributed by atoms with van der Waals surface area (Å²) in [4.78, 5) is 10.7. The van der Waals surface area contributed by atoms with Crippen molar-refractivity contribution in [3.63, 3.8) is 0 Å². The number of sulfone groups is 1. The molecule has 0 aromatic carbocycles. The molecule has 0 aliphatic heterocycles. The van der Waals surface area contributed by atoms with Crippen molar-refractivity contribution in [3.8, 4) is 0 Å². The van der Waals surface area contributed by atoms with Crippen LogP contribution < -0.4 is 0 Å². The summed E-state index contributed by atoms with van der Waals surface area (Å²) in [5.74, 6) is -0.789. The fourth-order valence-electron chi connectivity index (χ4n) is 0.400. The van der Waals surface area contributed by atoms with Crippen molar-refractivity contribution >= 4 is 43.2 Å². The number of carbonyl (C=O) groups excluding carboxylic acids is 1. The summed E-state index contributed by atoms with van der Waals surface area (Å²) in [6, 6.07) is 0. The molecule has 0 bridgehead atoms. The molecule has 0 radical (unpaired) electrons. The molecule has 0 spiro atoms. The van der Waals surface area contributed by atoms with Crippen molar-refractivity contribution in [3.05, 3.63) is 0 Å². The number of ketones is 1. The first-order valence-electron chi connectivity index (χ1n) is 2.87. The summed E-state index contributed by atoms with van der Waals surface area (Å²) < 4.78 is 20.2. The zero-order valence-corrected chi connectivity index (χ0v) is 9.25. The SMILES string of the molecule is CCS(=O)(=O)C(Cl)(Br)C(C)=O. The highest BCUT2D eigenvalue weighted by Crippen LogP contribution is 2.31. The highest BCUT2D eigenvalue weighted by atomic mass is 79.9. The van der Waals surface area contributed by atoms with Gasteiger partial charge >= 0.3 is 0 Å². The molecule has 0 saturated heterocycles. The van der Waals surface area contributed by atoms with Gasteiger partial charge in [0.25, 0.3) is 3.12 Å². The van der Waals surface area contributed by atoms with E-state index in [9.17, 15) is 13.2 Å². The number of Topliss-reactive ketones (excluding diaryl/α,β-unsaturated/α-hetero) is 1. The van der Waals surface area contributed by atoms with Crippen molar-refractivity contribution in [2.24, 2.45) is 0 Å². The van der Waals surface area contributed by atoms with Gasteiger partial charge in [0.2, 0.25) is 0 Å². The molecule has 0 N–H and O–H groups in total. The molecule has 0 aromatic heterocycles. The number of alkyl halides is 2. The lowest BCUT2D eigenvalue weighted by atomic mass is 10.5. The predicted molar refractivity (Wildman–Crippen MR) is 47.7 cm³/mol. The Morgan fingerprint density at radius 3 is 2.09 bits per heavy atom. The zero-order chi connectivity index (χ0) is 9.28. The molecule has 0 rings (SSSR count). The zero-order valence-electron chi connectivity index (χ0n) is 6.10. The standard InChI is InChI=1S/C5H8BrClO3S/c1-3-11(9,10)5(6,7)4(2)8/h3H2,1-2H3. The molecule has 66 valence electrons. The molecule has 0 heterocycles. The molecule has 6 heteroatoms. The molecule has 1 unspecified atom stereocenters. The van der Waals surface area contributed by atoms with Crippen molar-refractivity contribution < 1.29 is 13.2 Å². The van der Waals surface area contributed by atoms with Gasteiger partial charge in [-0.1, -0.05) is 18.5 Å². The van der Waals surface area contributed by atoms with Gasteiger partial charge < -0.3 is 0 Å². The van der Waals surface area contributed by atoms with Gasteiger partial charge in [0.15, 0.2) is 15.6 Å². The Bertz CT molecular complexity index is 257. The molecule has 3 nitrogen and oxygen atoms in total. The lowest BCUT2D eigenvalue weighted by molar-refractivity contribution is -0.115. The van der Waals surface area contributed by atoms with Crippen LogP contribution in [-0.2, 0) is 14.6 Å². The van der Waals surface area contributed by atoms with Crippen LogP contribution in [0.4, 0.5) is 0 Å². The van der Waals surface area contributed by atoms with E-state index in [1.807, 2.05) is 0 Å². The summed E-state index contributed by atoms with van der Waals surface area (Å²) in [6.07, 6.45) is 0. The van der Waals surface area contributed by atoms with Gasteiger partial charge in [-0.15, -0.1) is 0 Å². The van der Waals surface area contributed by atoms with E-state index >= 15 is 0 Å². The Hall–Kier alpha value is 0.390. The minimum atomic E-state index is -3.56. The maximum absolute atomic E-state index is 11.1. The van der Waals surface area contributed by atoms with E-state index < -0.39 is 18.7 Å². The fourth-order valence-corrected chi connectivity index (χ4v) is 2.21. The number of hydrogen-bond acceptors (Lipinski definition) is 3. The van der Waals surface area contributed by atoms with E-state index in [2.05, 4.69) is 15.9 Å². The van der Waals surface area contributed by atoms with Gasteiger partial charge in [-0.3, -0.25) is 4.79 Å². The summed E-state index contributed by atoms with van der Waals surface area (Å²) in [5.41, 5.74) is 0. The number of rotatable bonds is 3. The van der Waals surface area contributed by atoms with Crippen LogP contribution in [0.25, 0.3) is 0 Å². The number of carbonyl (C=O) groups is 1. The van der Waals surface area contributed by atoms with Crippen LogP contribution in [0.1, 0.15) is 13.8 Å². The maximum Gasteiger partial charge on any atom is 0.256 e. The van der Waals surface area contributed by atoms with Crippen LogP contribution in [0.15, 0.2) is 0 Å². The third-order valence-corrected chi connectivity index (χ3v) is 6.02. The van der Waals surface area contributed by atoms with Gasteiger partial charge in [-0.25, -0.2) is 8.42 Å². The second-order valence-electron chi connectivity index (χ2n) is 1.98. The largest absolute Gasteiger partial charge is 0.296 e. The second-order valence-corrected chi connectivity index (χ2v) is 7.36. The van der Waals surface area contributed by atoms with Crippen LogP contribution in [0, 0.1) is 0 Å². The summed E-state index contributed by atoms with van der Waals surface area (Å²) in [7, 11) is -3.56. The average molecular weight is 264 g/mol. The number of hydrogen-bond donors (Lipinski definition) is 0. The summed E-state index contributed by atoms with van der Waals surface area (Å²) >= 11 is 8.10. The molecule has 11 heavy (non-hydrogen) atoms. The Kier molecular flexibility index (Phi) is 3.53. The van der Waals surface area contributed by atoms with Crippen molar-refractivity contribution in [2.45, 2.75) is 17.0 Å². The molecular formula is C5H8BrClO3S. The van der Waals surface area contributed by atoms with Gasteiger partial charge in [0.1, 0.15) is 0 Å². The van der Waals surface area contributed by atoms with Gasteiger partial charge in [0, 0.05) is 0 Å². The van der Waals surface area contributed by atoms with Crippen LogP contribution in [-0.4, -0.2) is 23.1 Å². The molecule has 0 saturated carbocycles. The third kappa shape index (κ3) is 2.16. The minimum absolute atomic E-state index is 0.165. The summed E-state index contributed by atoms with van der Waals surface area (Å²) in [6.45, 7) is 2.55. The van der Waals surface area contributed by atoms with Gasteiger partial charge in [0.05, 0.1) is 5.75 Å². The lowest BCUT2D eigenvalue weighted by Gasteiger charge is -2.14. The normalized spacial score (nSPS) is 17.5. The average Bonchev–Trinajstić information content (AvgIpc) is 1.87. The van der Waals surface area contributed by atoms with Crippen LogP contribution >= 0.6 is 27.5 Å². The Morgan fingerprint density at radius 1 is 1.64 bits per heavy atom. The van der Waals surface area contributed by atoms with Gasteiger partial charge in [-0.2, -0.15) is 0 Å². The quantitative estimate of drug-likeness (QED) is 0.721. The predicted octanol–water partition coefficient (Wildman–Crippen LogP) is 1.30. The Balaban J connectivity index is 5.01. The molecule has 0 fully saturated rings. The molecule has 0 aliphatic carbocycles. The van der Waals surface area contributed by atoms with E-state index in [0.29, 0.717) is 0 Å².